The molecule has 4 nitrogen and oxygen atoms in total. The molecule has 0 saturated heterocycles. The third-order valence-electron chi connectivity index (χ3n) is 5.65. The Kier molecular flexibility index (Phi) is 4.60. The Balaban J connectivity index is 1.46. The van der Waals surface area contributed by atoms with Gasteiger partial charge in [0.1, 0.15) is 0 Å². The molecule has 0 spiro atoms. The number of carbonyl (C=O) groups is 2. The van der Waals surface area contributed by atoms with Crippen LogP contribution in [0.5, 0.6) is 0 Å². The van der Waals surface area contributed by atoms with Crippen LogP contribution in [0.1, 0.15) is 66.4 Å². The van der Waals surface area contributed by atoms with Crippen LogP contribution < -0.4 is 10.2 Å². The number of aryl methyl sites for hydroxylation is 2. The zero-order valence-corrected chi connectivity index (χ0v) is 14.8. The minimum atomic E-state index is 0.0180. The Hall–Kier alpha value is -2.10. The SMILES string of the molecule is O=C(NCCC1=CCCCC1)c1cc2c3c(c1)CCC(=O)N3CCC2. The molecule has 4 heteroatoms. The molecule has 2 heterocycles. The molecule has 2 aliphatic heterocycles. The van der Waals surface area contributed by atoms with Crippen LogP contribution in [-0.4, -0.2) is 24.9 Å². The lowest BCUT2D eigenvalue weighted by molar-refractivity contribution is -0.119. The number of nitrogens with zero attached hydrogens (tertiary/aromatic N) is 1. The maximum Gasteiger partial charge on any atom is 0.251 e. The van der Waals surface area contributed by atoms with Crippen LogP contribution in [0, 0.1) is 0 Å². The summed E-state index contributed by atoms with van der Waals surface area (Å²) < 4.78 is 0. The van der Waals surface area contributed by atoms with Crippen molar-refractivity contribution in [1.82, 2.24) is 5.32 Å². The summed E-state index contributed by atoms with van der Waals surface area (Å²) in [6.45, 7) is 1.53. The highest BCUT2D eigenvalue weighted by Crippen LogP contribution is 2.36. The minimum absolute atomic E-state index is 0.0180. The van der Waals surface area contributed by atoms with Crippen LogP contribution in [0.25, 0.3) is 0 Å². The molecule has 1 N–H and O–H groups in total. The highest BCUT2D eigenvalue weighted by Gasteiger charge is 2.30. The third-order valence-corrected chi connectivity index (χ3v) is 5.65. The second-order valence-electron chi connectivity index (χ2n) is 7.41. The molecule has 4 rings (SSSR count). The number of anilines is 1. The van der Waals surface area contributed by atoms with Crippen LogP contribution >= 0.6 is 0 Å². The van der Waals surface area contributed by atoms with Gasteiger partial charge < -0.3 is 10.2 Å². The van der Waals surface area contributed by atoms with Crippen LogP contribution in [0.15, 0.2) is 23.8 Å². The first-order chi connectivity index (χ1) is 12.2. The van der Waals surface area contributed by atoms with Crippen molar-refractivity contribution in [3.63, 3.8) is 0 Å². The van der Waals surface area contributed by atoms with E-state index in [4.69, 9.17) is 0 Å². The number of amides is 2. The summed E-state index contributed by atoms with van der Waals surface area (Å²) in [5, 5.41) is 3.08. The molecular formula is C21H26N2O2. The molecule has 0 bridgehead atoms. The summed E-state index contributed by atoms with van der Waals surface area (Å²) in [5.41, 5.74) is 5.66. The molecule has 0 saturated carbocycles. The number of benzene rings is 1. The van der Waals surface area contributed by atoms with E-state index < -0.39 is 0 Å². The Labute approximate surface area is 149 Å². The molecular weight excluding hydrogens is 312 g/mol. The summed E-state index contributed by atoms with van der Waals surface area (Å²) in [4.78, 5) is 26.6. The maximum absolute atomic E-state index is 12.6. The van der Waals surface area contributed by atoms with Crippen molar-refractivity contribution in [2.24, 2.45) is 0 Å². The minimum Gasteiger partial charge on any atom is -0.352 e. The van der Waals surface area contributed by atoms with E-state index >= 15 is 0 Å². The Morgan fingerprint density at radius 3 is 2.68 bits per heavy atom. The van der Waals surface area contributed by atoms with Gasteiger partial charge >= 0.3 is 0 Å². The van der Waals surface area contributed by atoms with Crippen molar-refractivity contribution in [2.45, 2.75) is 57.8 Å². The van der Waals surface area contributed by atoms with E-state index in [0.717, 1.165) is 54.6 Å². The smallest absolute Gasteiger partial charge is 0.251 e. The van der Waals surface area contributed by atoms with E-state index in [-0.39, 0.29) is 11.8 Å². The van der Waals surface area contributed by atoms with Gasteiger partial charge in [0.15, 0.2) is 0 Å². The summed E-state index contributed by atoms with van der Waals surface area (Å²) in [6.07, 6.45) is 11.5. The largest absolute Gasteiger partial charge is 0.352 e. The molecule has 1 aromatic carbocycles. The molecule has 0 aromatic heterocycles. The van der Waals surface area contributed by atoms with Crippen molar-refractivity contribution in [2.75, 3.05) is 18.0 Å². The molecule has 1 aliphatic carbocycles. The summed E-state index contributed by atoms with van der Waals surface area (Å²) >= 11 is 0. The first kappa shape index (κ1) is 16.4. The van der Waals surface area contributed by atoms with Gasteiger partial charge in [-0.15, -0.1) is 0 Å². The molecule has 2 amide bonds. The fraction of sp³-hybridized carbons (Fsp3) is 0.524. The van der Waals surface area contributed by atoms with E-state index in [9.17, 15) is 9.59 Å². The van der Waals surface area contributed by atoms with Gasteiger partial charge in [-0.1, -0.05) is 11.6 Å². The van der Waals surface area contributed by atoms with Gasteiger partial charge in [-0.2, -0.15) is 0 Å². The number of allylic oxidation sites excluding steroid dienone is 1. The van der Waals surface area contributed by atoms with Gasteiger partial charge in [-0.25, -0.2) is 0 Å². The highest BCUT2D eigenvalue weighted by atomic mass is 16.2. The zero-order valence-electron chi connectivity index (χ0n) is 14.8. The van der Waals surface area contributed by atoms with E-state index in [2.05, 4.69) is 11.4 Å². The summed E-state index contributed by atoms with van der Waals surface area (Å²) in [7, 11) is 0. The number of hydrogen-bond donors (Lipinski definition) is 1. The Morgan fingerprint density at radius 2 is 1.88 bits per heavy atom. The first-order valence-electron chi connectivity index (χ1n) is 9.64. The summed E-state index contributed by atoms with van der Waals surface area (Å²) in [6, 6.07) is 4.00. The predicted molar refractivity (Wildman–Crippen MR) is 98.9 cm³/mol. The fourth-order valence-corrected chi connectivity index (χ4v) is 4.35. The Bertz CT molecular complexity index is 718. The zero-order chi connectivity index (χ0) is 17.2. The summed E-state index contributed by atoms with van der Waals surface area (Å²) in [5.74, 6) is 0.246. The van der Waals surface area contributed by atoms with Gasteiger partial charge in [0, 0.05) is 25.1 Å². The molecule has 1 aromatic rings. The molecule has 132 valence electrons. The molecule has 0 fully saturated rings. The number of nitrogens with one attached hydrogen (secondary N) is 1. The first-order valence-corrected chi connectivity index (χ1v) is 9.64. The topological polar surface area (TPSA) is 49.4 Å². The molecule has 3 aliphatic rings. The number of hydrogen-bond acceptors (Lipinski definition) is 2. The standard InChI is InChI=1S/C21H26N2O2/c24-19-9-8-17-14-18(13-16-7-4-12-23(19)20(16)17)21(25)22-11-10-15-5-2-1-3-6-15/h5,13-14H,1-4,6-12H2,(H,22,25). The van der Waals surface area contributed by atoms with Crippen molar-refractivity contribution in [3.05, 3.63) is 40.5 Å². The van der Waals surface area contributed by atoms with Crippen LogP contribution in [0.3, 0.4) is 0 Å². The van der Waals surface area contributed by atoms with Crippen molar-refractivity contribution in [1.29, 1.82) is 0 Å². The lowest BCUT2D eigenvalue weighted by atomic mass is 9.89. The maximum atomic E-state index is 12.6. The van der Waals surface area contributed by atoms with E-state index in [1.165, 1.54) is 31.3 Å². The fourth-order valence-electron chi connectivity index (χ4n) is 4.35. The second-order valence-corrected chi connectivity index (χ2v) is 7.41. The van der Waals surface area contributed by atoms with Crippen molar-refractivity contribution < 1.29 is 9.59 Å². The van der Waals surface area contributed by atoms with Gasteiger partial charge in [0.25, 0.3) is 5.91 Å². The monoisotopic (exact) mass is 338 g/mol. The lowest BCUT2D eigenvalue weighted by Gasteiger charge is -2.35. The van der Waals surface area contributed by atoms with Gasteiger partial charge in [-0.05, 0) is 74.6 Å². The molecule has 0 radical (unpaired) electrons. The average molecular weight is 338 g/mol. The molecule has 25 heavy (non-hydrogen) atoms. The molecule has 0 atom stereocenters. The van der Waals surface area contributed by atoms with Crippen LogP contribution in [0.2, 0.25) is 0 Å². The number of carbonyl (C=O) groups excluding carboxylic acids is 2. The van der Waals surface area contributed by atoms with E-state index in [0.29, 0.717) is 13.0 Å². The normalized spacial score (nSPS) is 19.3. The highest BCUT2D eigenvalue weighted by molar-refractivity contribution is 6.00. The average Bonchev–Trinajstić information content (AvgIpc) is 2.65. The quantitative estimate of drug-likeness (QED) is 0.854. The van der Waals surface area contributed by atoms with Gasteiger partial charge in [0.2, 0.25) is 5.91 Å². The van der Waals surface area contributed by atoms with Gasteiger partial charge in [0.05, 0.1) is 5.69 Å². The van der Waals surface area contributed by atoms with E-state index in [1.54, 1.807) is 0 Å². The van der Waals surface area contributed by atoms with Crippen LogP contribution in [0.4, 0.5) is 5.69 Å². The van der Waals surface area contributed by atoms with Gasteiger partial charge in [-0.3, -0.25) is 9.59 Å². The van der Waals surface area contributed by atoms with Crippen molar-refractivity contribution >= 4 is 17.5 Å². The Morgan fingerprint density at radius 1 is 1.04 bits per heavy atom. The predicted octanol–water partition coefficient (Wildman–Crippen LogP) is 3.53. The van der Waals surface area contributed by atoms with Crippen molar-refractivity contribution in [3.8, 4) is 0 Å². The third kappa shape index (κ3) is 3.35. The second kappa shape index (κ2) is 7.03. The number of rotatable bonds is 4. The van der Waals surface area contributed by atoms with E-state index in [1.807, 2.05) is 17.0 Å². The molecule has 0 unspecified atom stereocenters. The van der Waals surface area contributed by atoms with Crippen LogP contribution in [-0.2, 0) is 17.6 Å². The lowest BCUT2D eigenvalue weighted by Crippen LogP contribution is -2.39.